The van der Waals surface area contributed by atoms with Crippen molar-refractivity contribution < 1.29 is 38.9 Å². The van der Waals surface area contributed by atoms with E-state index in [-0.39, 0.29) is 53.6 Å². The van der Waals surface area contributed by atoms with E-state index in [0.29, 0.717) is 55.4 Å². The molecule has 0 bridgehead atoms. The first-order valence-electron chi connectivity index (χ1n) is 15.7. The molecule has 0 aliphatic carbocycles. The van der Waals surface area contributed by atoms with E-state index in [2.05, 4.69) is 15.6 Å². The molecule has 1 aromatic heterocycles. The minimum atomic E-state index is -0.870. The third-order valence-corrected chi connectivity index (χ3v) is 7.98. The van der Waals surface area contributed by atoms with E-state index in [0.717, 1.165) is 0 Å². The van der Waals surface area contributed by atoms with Crippen LogP contribution in [0.1, 0.15) is 95.2 Å². The highest BCUT2D eigenvalue weighted by atomic mass is 16.5. The van der Waals surface area contributed by atoms with Crippen molar-refractivity contribution in [3.05, 3.63) is 88.8 Å². The number of carbonyl (C=O) groups excluding carboxylic acids is 4. The summed E-state index contributed by atoms with van der Waals surface area (Å²) in [7, 11) is 1.52. The van der Waals surface area contributed by atoms with E-state index in [1.807, 2.05) is 0 Å². The Bertz CT molecular complexity index is 1590. The number of phenolic OH excluding ortho intramolecular Hbond substituents is 2. The monoisotopic (exact) mass is 643 g/mol. The fourth-order valence-electron chi connectivity index (χ4n) is 5.48. The molecule has 11 nitrogen and oxygen atoms in total. The Morgan fingerprint density at radius 3 is 2.45 bits per heavy atom. The van der Waals surface area contributed by atoms with E-state index in [1.54, 1.807) is 55.5 Å². The van der Waals surface area contributed by atoms with Crippen molar-refractivity contribution in [3.8, 4) is 17.2 Å². The topological polar surface area (TPSA) is 164 Å². The maximum absolute atomic E-state index is 13.5. The number of amides is 2. The van der Waals surface area contributed by atoms with Gasteiger partial charge in [0.25, 0.3) is 5.91 Å². The molecule has 0 saturated heterocycles. The second-order valence-corrected chi connectivity index (χ2v) is 11.4. The van der Waals surface area contributed by atoms with Gasteiger partial charge in [0.1, 0.15) is 28.6 Å². The maximum Gasteiger partial charge on any atom is 0.342 e. The number of nitrogens with one attached hydrogen (secondary N) is 2. The van der Waals surface area contributed by atoms with Crippen molar-refractivity contribution >= 4 is 29.6 Å². The lowest BCUT2D eigenvalue weighted by Crippen LogP contribution is -2.35. The standard InChI is InChI=1S/C36H41N3O8/c1-23-7-6-10-27(40)9-5-3-4-8-26-21-30(41)33(34(43)32(26)36(45)47-23)29(24-11-13-28(46-2)14-12-24)22-31(42)38-19-20-39-35(44)25-15-17-37-18-16-25/h4,8,11-18,21,23,29,41,43H,3,5-7,9-10,19-20,22H2,1-2H3,(H,38,42)(H,39,44). The van der Waals surface area contributed by atoms with Crippen LogP contribution in [0.4, 0.5) is 0 Å². The molecule has 3 aromatic rings. The number of allylic oxidation sites excluding steroid dienone is 1. The summed E-state index contributed by atoms with van der Waals surface area (Å²) in [6.45, 7) is 2.03. The third-order valence-electron chi connectivity index (χ3n) is 7.98. The van der Waals surface area contributed by atoms with E-state index >= 15 is 0 Å². The summed E-state index contributed by atoms with van der Waals surface area (Å²) in [6.07, 6.45) is 8.84. The van der Waals surface area contributed by atoms with Crippen LogP contribution in [-0.4, -0.2) is 65.1 Å². The average Bonchev–Trinajstić information content (AvgIpc) is 3.05. The highest BCUT2D eigenvalue weighted by molar-refractivity contribution is 5.98. The molecule has 248 valence electrons. The number of aromatic nitrogens is 1. The average molecular weight is 644 g/mol. The molecule has 2 amide bonds. The zero-order valence-electron chi connectivity index (χ0n) is 26.7. The number of ketones is 1. The number of cyclic esters (lactones) is 1. The van der Waals surface area contributed by atoms with Gasteiger partial charge < -0.3 is 30.3 Å². The van der Waals surface area contributed by atoms with E-state index in [1.165, 1.54) is 25.6 Å². The molecule has 2 unspecified atom stereocenters. The summed E-state index contributed by atoms with van der Waals surface area (Å²) in [4.78, 5) is 55.1. The minimum absolute atomic E-state index is 0.000210. The molecule has 0 spiro atoms. The predicted molar refractivity (Wildman–Crippen MR) is 175 cm³/mol. The Hall–Kier alpha value is -5.19. The van der Waals surface area contributed by atoms with Gasteiger partial charge in [-0.05, 0) is 74.1 Å². The molecule has 0 radical (unpaired) electrons. The van der Waals surface area contributed by atoms with Crippen LogP contribution in [-0.2, 0) is 14.3 Å². The normalized spacial score (nSPS) is 16.3. The quantitative estimate of drug-likeness (QED) is 0.184. The second-order valence-electron chi connectivity index (χ2n) is 11.4. The molecule has 4 N–H and O–H groups in total. The number of methoxy groups -OCH3 is 1. The summed E-state index contributed by atoms with van der Waals surface area (Å²) in [5, 5.41) is 28.5. The number of esters is 1. The Balaban J connectivity index is 1.63. The lowest BCUT2D eigenvalue weighted by atomic mass is 9.84. The molecule has 1 aliphatic heterocycles. The van der Waals surface area contributed by atoms with Crippen LogP contribution in [0, 0.1) is 0 Å². The van der Waals surface area contributed by atoms with Gasteiger partial charge in [-0.25, -0.2) is 4.79 Å². The number of hydrogen-bond donors (Lipinski definition) is 4. The van der Waals surface area contributed by atoms with E-state index < -0.39 is 29.6 Å². The molecule has 2 heterocycles. The number of hydrogen-bond acceptors (Lipinski definition) is 9. The molecular weight excluding hydrogens is 602 g/mol. The zero-order valence-corrected chi connectivity index (χ0v) is 26.7. The lowest BCUT2D eigenvalue weighted by molar-refractivity contribution is -0.121. The summed E-state index contributed by atoms with van der Waals surface area (Å²) in [6, 6.07) is 11.4. The van der Waals surface area contributed by atoms with Gasteiger partial charge in [-0.1, -0.05) is 24.3 Å². The Morgan fingerprint density at radius 1 is 1.02 bits per heavy atom. The Morgan fingerprint density at radius 2 is 1.72 bits per heavy atom. The Kier molecular flexibility index (Phi) is 12.5. The van der Waals surface area contributed by atoms with Crippen LogP contribution in [0.2, 0.25) is 0 Å². The Labute approximate surface area is 274 Å². The fourth-order valence-corrected chi connectivity index (χ4v) is 5.48. The van der Waals surface area contributed by atoms with Gasteiger partial charge in [0, 0.05) is 61.8 Å². The number of nitrogens with zero attached hydrogens (tertiary/aromatic N) is 1. The smallest absolute Gasteiger partial charge is 0.342 e. The first kappa shape index (κ1) is 34.7. The van der Waals surface area contributed by atoms with E-state index in [4.69, 9.17) is 9.47 Å². The van der Waals surface area contributed by atoms with Gasteiger partial charge in [0.2, 0.25) is 5.91 Å². The summed E-state index contributed by atoms with van der Waals surface area (Å²) in [5.74, 6) is -2.41. The van der Waals surface area contributed by atoms with Crippen LogP contribution < -0.4 is 15.4 Å². The van der Waals surface area contributed by atoms with Gasteiger partial charge in [-0.2, -0.15) is 0 Å². The third kappa shape index (κ3) is 9.65. The zero-order chi connectivity index (χ0) is 33.8. The van der Waals surface area contributed by atoms with Crippen molar-refractivity contribution in [3.63, 3.8) is 0 Å². The minimum Gasteiger partial charge on any atom is -0.507 e. The summed E-state index contributed by atoms with van der Waals surface area (Å²) >= 11 is 0. The second kappa shape index (κ2) is 16.9. The van der Waals surface area contributed by atoms with Crippen LogP contribution >= 0.6 is 0 Å². The number of aromatic hydroxyl groups is 2. The van der Waals surface area contributed by atoms with Gasteiger partial charge in [0.15, 0.2) is 0 Å². The highest BCUT2D eigenvalue weighted by Crippen LogP contribution is 2.44. The lowest BCUT2D eigenvalue weighted by Gasteiger charge is -2.23. The van der Waals surface area contributed by atoms with Crippen LogP contribution in [0.15, 0.2) is 60.9 Å². The molecule has 4 rings (SSSR count). The van der Waals surface area contributed by atoms with Crippen LogP contribution in [0.25, 0.3) is 6.08 Å². The summed E-state index contributed by atoms with van der Waals surface area (Å²) in [5.41, 5.74) is 1.16. The fraction of sp³-hybridized carbons (Fsp3) is 0.361. The molecule has 0 saturated carbocycles. The van der Waals surface area contributed by atoms with Crippen LogP contribution in [0.3, 0.4) is 0 Å². The number of fused-ring (bicyclic) bond motifs is 1. The SMILES string of the molecule is COc1ccc(C(CC(=O)NCCNC(=O)c2ccncc2)c2c(O)cc3c(c2O)C(=O)OC(C)CCCC(=O)CCCC=C3)cc1. The number of Topliss-reactive ketones (excluding diaryl/α,β-unsaturated/α-hetero) is 1. The summed E-state index contributed by atoms with van der Waals surface area (Å²) < 4.78 is 11.0. The van der Waals surface area contributed by atoms with Crippen molar-refractivity contribution in [2.45, 2.75) is 63.9 Å². The van der Waals surface area contributed by atoms with Crippen molar-refractivity contribution in [1.29, 1.82) is 0 Å². The molecule has 1 aliphatic rings. The van der Waals surface area contributed by atoms with Gasteiger partial charge >= 0.3 is 5.97 Å². The highest BCUT2D eigenvalue weighted by Gasteiger charge is 2.31. The molecule has 11 heteroatoms. The number of carbonyl (C=O) groups is 4. The number of benzene rings is 2. The number of rotatable bonds is 9. The maximum atomic E-state index is 13.5. The van der Waals surface area contributed by atoms with E-state index in [9.17, 15) is 29.4 Å². The molecule has 2 atom stereocenters. The van der Waals surface area contributed by atoms with Crippen LogP contribution in [0.5, 0.6) is 17.2 Å². The first-order valence-corrected chi connectivity index (χ1v) is 15.7. The number of pyridine rings is 1. The predicted octanol–water partition coefficient (Wildman–Crippen LogP) is 5.05. The number of phenols is 2. The van der Waals surface area contributed by atoms with Crippen molar-refractivity contribution in [2.24, 2.45) is 0 Å². The molecular formula is C36H41N3O8. The molecule has 0 fully saturated rings. The van der Waals surface area contributed by atoms with Gasteiger partial charge in [-0.3, -0.25) is 19.4 Å². The van der Waals surface area contributed by atoms with Gasteiger partial charge in [0.05, 0.1) is 13.2 Å². The van der Waals surface area contributed by atoms with Crippen molar-refractivity contribution in [1.82, 2.24) is 15.6 Å². The molecule has 2 aromatic carbocycles. The number of ether oxygens (including phenoxy) is 2. The first-order chi connectivity index (χ1) is 22.7. The van der Waals surface area contributed by atoms with Crippen molar-refractivity contribution in [2.75, 3.05) is 20.2 Å². The molecule has 47 heavy (non-hydrogen) atoms. The largest absolute Gasteiger partial charge is 0.507 e. The van der Waals surface area contributed by atoms with Gasteiger partial charge in [-0.15, -0.1) is 0 Å².